The van der Waals surface area contributed by atoms with E-state index in [1.54, 1.807) is 0 Å². The first kappa shape index (κ1) is 20.9. The van der Waals surface area contributed by atoms with E-state index >= 15 is 0 Å². The predicted octanol–water partition coefficient (Wildman–Crippen LogP) is 4.16. The van der Waals surface area contributed by atoms with Gasteiger partial charge in [0.2, 0.25) is 5.95 Å². The molecule has 0 atom stereocenters. The van der Waals surface area contributed by atoms with E-state index in [1.807, 2.05) is 25.4 Å². The maximum atomic E-state index is 6.07. The fraction of sp³-hybridized carbons (Fsp3) is 0.462. The van der Waals surface area contributed by atoms with Crippen LogP contribution in [0.4, 0.5) is 17.5 Å². The number of aromatic nitrogens is 5. The van der Waals surface area contributed by atoms with Gasteiger partial charge in [-0.3, -0.25) is 0 Å². The normalized spacial score (nSPS) is 19.1. The van der Waals surface area contributed by atoms with Gasteiger partial charge in [-0.2, -0.15) is 4.98 Å². The van der Waals surface area contributed by atoms with Crippen molar-refractivity contribution in [2.75, 3.05) is 36.4 Å². The zero-order valence-corrected chi connectivity index (χ0v) is 20.0. The molecule has 4 aromatic heterocycles. The second kappa shape index (κ2) is 8.05. The molecule has 3 aliphatic rings. The van der Waals surface area contributed by atoms with E-state index in [9.17, 15) is 0 Å². The molecule has 180 valence electrons. The summed E-state index contributed by atoms with van der Waals surface area (Å²) < 4.78 is 8.50. The Bertz CT molecular complexity index is 1380. The van der Waals surface area contributed by atoms with Crippen molar-refractivity contribution in [2.24, 2.45) is 0 Å². The van der Waals surface area contributed by atoms with Gasteiger partial charge in [0, 0.05) is 51.1 Å². The minimum atomic E-state index is 0.000464. The van der Waals surface area contributed by atoms with E-state index in [4.69, 9.17) is 14.4 Å². The highest BCUT2D eigenvalue weighted by molar-refractivity contribution is 5.85. The summed E-state index contributed by atoms with van der Waals surface area (Å²) in [6, 6.07) is 6.28. The maximum absolute atomic E-state index is 6.07. The number of hydrogen-bond acceptors (Lipinski definition) is 8. The molecule has 9 heteroatoms. The first-order valence-electron chi connectivity index (χ1n) is 12.7. The number of rotatable bonds is 3. The highest BCUT2D eigenvalue weighted by Crippen LogP contribution is 2.48. The van der Waals surface area contributed by atoms with Gasteiger partial charge in [0.05, 0.1) is 28.8 Å². The Morgan fingerprint density at radius 3 is 2.69 bits per heavy atom. The van der Waals surface area contributed by atoms with Gasteiger partial charge in [-0.05, 0) is 31.0 Å². The fourth-order valence-corrected chi connectivity index (χ4v) is 6.17. The van der Waals surface area contributed by atoms with Crippen molar-refractivity contribution in [1.82, 2.24) is 29.8 Å². The van der Waals surface area contributed by atoms with Crippen LogP contribution in [0.5, 0.6) is 0 Å². The minimum absolute atomic E-state index is 0.000464. The Labute approximate surface area is 204 Å². The smallest absolute Gasteiger partial charge is 0.230 e. The highest BCUT2D eigenvalue weighted by atomic mass is 16.4. The lowest BCUT2D eigenvalue weighted by Gasteiger charge is -2.42. The van der Waals surface area contributed by atoms with Crippen LogP contribution in [-0.2, 0) is 12.0 Å². The third-order valence-corrected chi connectivity index (χ3v) is 7.80. The number of hydrogen-bond donors (Lipinski definition) is 2. The number of fused-ring (bicyclic) bond motifs is 6. The number of piperazine rings is 1. The summed E-state index contributed by atoms with van der Waals surface area (Å²) in [6.45, 7) is 5.95. The number of nitrogens with one attached hydrogen (secondary N) is 2. The molecule has 1 spiro atoms. The van der Waals surface area contributed by atoms with E-state index in [1.165, 1.54) is 19.3 Å². The molecule has 0 amide bonds. The first-order chi connectivity index (χ1) is 17.2. The van der Waals surface area contributed by atoms with Gasteiger partial charge in [-0.1, -0.05) is 19.3 Å². The molecular weight excluding hydrogens is 440 g/mol. The molecule has 6 heterocycles. The average Bonchev–Trinajstić information content (AvgIpc) is 3.46. The van der Waals surface area contributed by atoms with Crippen molar-refractivity contribution < 1.29 is 4.42 Å². The zero-order valence-electron chi connectivity index (χ0n) is 20.0. The molecule has 0 radical (unpaired) electrons. The monoisotopic (exact) mass is 470 g/mol. The van der Waals surface area contributed by atoms with Crippen LogP contribution in [0.25, 0.3) is 22.5 Å². The Kier molecular flexibility index (Phi) is 4.80. The third-order valence-electron chi connectivity index (χ3n) is 7.80. The summed E-state index contributed by atoms with van der Waals surface area (Å²) in [7, 11) is 0. The lowest BCUT2D eigenvalue weighted by atomic mass is 9.76. The molecule has 0 unspecified atom stereocenters. The molecular formula is C26H30N8O. The van der Waals surface area contributed by atoms with Crippen molar-refractivity contribution in [1.29, 1.82) is 0 Å². The molecule has 0 aromatic carbocycles. The number of pyridine rings is 1. The largest absolute Gasteiger partial charge is 0.439 e. The van der Waals surface area contributed by atoms with Gasteiger partial charge < -0.3 is 24.5 Å². The van der Waals surface area contributed by atoms with E-state index in [-0.39, 0.29) is 5.54 Å². The fourth-order valence-electron chi connectivity index (χ4n) is 6.17. The maximum Gasteiger partial charge on any atom is 0.230 e. The summed E-state index contributed by atoms with van der Waals surface area (Å²) >= 11 is 0. The molecule has 1 saturated carbocycles. The van der Waals surface area contributed by atoms with Gasteiger partial charge in [-0.15, -0.1) is 0 Å². The zero-order chi connectivity index (χ0) is 23.4. The molecule has 2 aliphatic heterocycles. The van der Waals surface area contributed by atoms with Crippen LogP contribution in [0.15, 0.2) is 35.0 Å². The predicted molar refractivity (Wildman–Crippen MR) is 135 cm³/mol. The lowest BCUT2D eigenvalue weighted by molar-refractivity contribution is 0.192. The van der Waals surface area contributed by atoms with Crippen molar-refractivity contribution in [2.45, 2.75) is 51.0 Å². The number of aryl methyl sites for hydroxylation is 1. The van der Waals surface area contributed by atoms with Crippen LogP contribution in [0.3, 0.4) is 0 Å². The molecule has 2 N–H and O–H groups in total. The standard InChI is InChI=1S/C26H30N8O/c1-17-30-20-14-26(7-3-2-4-8-26)34-21(23(20)35-17)13-18-15-29-25(32-24(18)34)31-22-6-5-19(16-28-22)33-11-9-27-10-12-33/h5-6,13,15-16,27H,2-4,7-12,14H2,1H3,(H,28,29,31,32). The topological polar surface area (TPSA) is 96.9 Å². The van der Waals surface area contributed by atoms with Crippen LogP contribution in [0.1, 0.15) is 43.7 Å². The Hall–Kier alpha value is -3.46. The lowest BCUT2D eigenvalue weighted by Crippen LogP contribution is -2.43. The van der Waals surface area contributed by atoms with E-state index in [2.05, 4.69) is 42.2 Å². The van der Waals surface area contributed by atoms with Gasteiger partial charge in [-0.25, -0.2) is 15.0 Å². The second-order valence-corrected chi connectivity index (χ2v) is 10.1. The van der Waals surface area contributed by atoms with Gasteiger partial charge >= 0.3 is 0 Å². The van der Waals surface area contributed by atoms with Crippen molar-refractivity contribution in [3.8, 4) is 11.5 Å². The molecule has 9 nitrogen and oxygen atoms in total. The number of nitrogens with zero attached hydrogens (tertiary/aromatic N) is 6. The molecule has 1 aliphatic carbocycles. The van der Waals surface area contributed by atoms with Crippen molar-refractivity contribution >= 4 is 28.5 Å². The summed E-state index contributed by atoms with van der Waals surface area (Å²) in [5.74, 6) is 2.92. The first-order valence-corrected chi connectivity index (χ1v) is 12.7. The number of oxazole rings is 1. The van der Waals surface area contributed by atoms with E-state index in [0.29, 0.717) is 5.95 Å². The Balaban J connectivity index is 1.25. The van der Waals surface area contributed by atoms with Crippen molar-refractivity contribution in [3.63, 3.8) is 0 Å². The summed E-state index contributed by atoms with van der Waals surface area (Å²) in [5, 5.41) is 7.74. The van der Waals surface area contributed by atoms with Crippen LogP contribution in [0, 0.1) is 6.92 Å². The third kappa shape index (κ3) is 3.48. The average molecular weight is 471 g/mol. The summed E-state index contributed by atoms with van der Waals surface area (Å²) in [5.41, 5.74) is 4.26. The molecule has 7 rings (SSSR count). The molecule has 35 heavy (non-hydrogen) atoms. The van der Waals surface area contributed by atoms with Crippen LogP contribution >= 0.6 is 0 Å². The Morgan fingerprint density at radius 1 is 1.03 bits per heavy atom. The minimum Gasteiger partial charge on any atom is -0.439 e. The van der Waals surface area contributed by atoms with Gasteiger partial charge in [0.25, 0.3) is 0 Å². The molecule has 2 fully saturated rings. The SMILES string of the molecule is Cc1nc2c(o1)-c1cc3cnc(Nc4ccc(N5CCNCC5)cn4)nc3n1C1(CCCCC1)C2. The highest BCUT2D eigenvalue weighted by Gasteiger charge is 2.43. The van der Waals surface area contributed by atoms with Gasteiger partial charge in [0.1, 0.15) is 11.5 Å². The van der Waals surface area contributed by atoms with E-state index in [0.717, 1.165) is 91.0 Å². The Morgan fingerprint density at radius 2 is 1.89 bits per heavy atom. The summed E-state index contributed by atoms with van der Waals surface area (Å²) in [4.78, 5) is 21.3. The quantitative estimate of drug-likeness (QED) is 0.461. The summed E-state index contributed by atoms with van der Waals surface area (Å²) in [6.07, 6.45) is 10.8. The van der Waals surface area contributed by atoms with Gasteiger partial charge in [0.15, 0.2) is 11.7 Å². The van der Waals surface area contributed by atoms with Crippen LogP contribution in [-0.4, -0.2) is 50.7 Å². The van der Waals surface area contributed by atoms with Crippen LogP contribution < -0.4 is 15.5 Å². The molecule has 1 saturated heterocycles. The van der Waals surface area contributed by atoms with E-state index < -0.39 is 0 Å². The van der Waals surface area contributed by atoms with Crippen molar-refractivity contribution in [3.05, 3.63) is 42.2 Å². The molecule has 4 aromatic rings. The number of anilines is 3. The van der Waals surface area contributed by atoms with Crippen LogP contribution in [0.2, 0.25) is 0 Å². The second-order valence-electron chi connectivity index (χ2n) is 10.1. The molecule has 0 bridgehead atoms.